The van der Waals surface area contributed by atoms with Gasteiger partial charge in [-0.05, 0) is 68.4 Å². The average molecular weight is 262 g/mol. The van der Waals surface area contributed by atoms with Crippen molar-refractivity contribution in [3.63, 3.8) is 0 Å². The van der Waals surface area contributed by atoms with E-state index in [9.17, 15) is 0 Å². The van der Waals surface area contributed by atoms with Gasteiger partial charge in [-0.15, -0.1) is 0 Å². The van der Waals surface area contributed by atoms with Gasteiger partial charge in [0.1, 0.15) is 5.75 Å². The molecule has 3 atom stereocenters. The number of benzene rings is 1. The molecule has 0 N–H and O–H groups in total. The highest BCUT2D eigenvalue weighted by Gasteiger charge is 2.35. The van der Waals surface area contributed by atoms with E-state index in [-0.39, 0.29) is 0 Å². The van der Waals surface area contributed by atoms with Gasteiger partial charge in [0.2, 0.25) is 0 Å². The summed E-state index contributed by atoms with van der Waals surface area (Å²) in [6, 6.07) is 4.34. The summed E-state index contributed by atoms with van der Waals surface area (Å²) in [5.41, 5.74) is 4.14. The normalized spacial score (nSPS) is 23.2. The maximum atomic E-state index is 5.74. The fourth-order valence-corrected chi connectivity index (χ4v) is 2.96. The SMILES string of the molecule is CCCOc1cc(C)c(C(C)CC2OC2C)c(C)c1. The van der Waals surface area contributed by atoms with E-state index in [0.29, 0.717) is 18.1 Å². The van der Waals surface area contributed by atoms with Gasteiger partial charge in [-0.3, -0.25) is 0 Å². The first-order chi connectivity index (χ1) is 9.02. The minimum absolute atomic E-state index is 0.454. The fraction of sp³-hybridized carbons (Fsp3) is 0.647. The van der Waals surface area contributed by atoms with Crippen molar-refractivity contribution < 1.29 is 9.47 Å². The molecule has 106 valence electrons. The third kappa shape index (κ3) is 3.50. The van der Waals surface area contributed by atoms with E-state index in [1.807, 2.05) is 0 Å². The van der Waals surface area contributed by atoms with Gasteiger partial charge in [0.25, 0.3) is 0 Å². The van der Waals surface area contributed by atoms with Crippen LogP contribution < -0.4 is 4.74 Å². The molecule has 3 unspecified atom stereocenters. The predicted molar refractivity (Wildman–Crippen MR) is 79.1 cm³/mol. The summed E-state index contributed by atoms with van der Waals surface area (Å²) >= 11 is 0. The summed E-state index contributed by atoms with van der Waals surface area (Å²) in [4.78, 5) is 0. The van der Waals surface area contributed by atoms with Crippen LogP contribution in [0.15, 0.2) is 12.1 Å². The van der Waals surface area contributed by atoms with Crippen molar-refractivity contribution in [2.45, 2.75) is 65.6 Å². The first-order valence-electron chi connectivity index (χ1n) is 7.42. The van der Waals surface area contributed by atoms with E-state index in [2.05, 4.69) is 46.8 Å². The number of ether oxygens (including phenoxy) is 2. The van der Waals surface area contributed by atoms with Gasteiger partial charge in [-0.2, -0.15) is 0 Å². The molecule has 0 spiro atoms. The Morgan fingerprint density at radius 3 is 2.32 bits per heavy atom. The van der Waals surface area contributed by atoms with E-state index in [4.69, 9.17) is 9.47 Å². The van der Waals surface area contributed by atoms with Gasteiger partial charge >= 0.3 is 0 Å². The Balaban J connectivity index is 2.11. The Hall–Kier alpha value is -1.02. The number of rotatable bonds is 6. The maximum Gasteiger partial charge on any atom is 0.119 e. The molecular formula is C17H26O2. The summed E-state index contributed by atoms with van der Waals surface area (Å²) in [5.74, 6) is 1.55. The zero-order valence-electron chi connectivity index (χ0n) is 12.8. The number of aryl methyl sites for hydroxylation is 2. The monoisotopic (exact) mass is 262 g/mol. The third-order valence-corrected chi connectivity index (χ3v) is 3.96. The molecular weight excluding hydrogens is 236 g/mol. The van der Waals surface area contributed by atoms with Crippen molar-refractivity contribution >= 4 is 0 Å². The van der Waals surface area contributed by atoms with Crippen molar-refractivity contribution in [2.75, 3.05) is 6.61 Å². The molecule has 0 radical (unpaired) electrons. The zero-order chi connectivity index (χ0) is 14.0. The van der Waals surface area contributed by atoms with Crippen molar-refractivity contribution in [3.8, 4) is 5.75 Å². The number of hydrogen-bond donors (Lipinski definition) is 0. The van der Waals surface area contributed by atoms with Crippen LogP contribution in [0.25, 0.3) is 0 Å². The Morgan fingerprint density at radius 1 is 1.26 bits per heavy atom. The predicted octanol–water partition coefficient (Wildman–Crippen LogP) is 4.37. The summed E-state index contributed by atoms with van der Waals surface area (Å²) < 4.78 is 11.3. The highest BCUT2D eigenvalue weighted by Crippen LogP contribution is 2.36. The Morgan fingerprint density at radius 2 is 1.84 bits per heavy atom. The molecule has 0 saturated carbocycles. The molecule has 1 aliphatic rings. The molecule has 2 nitrogen and oxygen atoms in total. The highest BCUT2D eigenvalue weighted by atomic mass is 16.6. The van der Waals surface area contributed by atoms with Crippen LogP contribution in [0.5, 0.6) is 5.75 Å². The number of hydrogen-bond acceptors (Lipinski definition) is 2. The minimum Gasteiger partial charge on any atom is -0.494 e. The second kappa shape index (κ2) is 5.96. The fourth-order valence-electron chi connectivity index (χ4n) is 2.96. The van der Waals surface area contributed by atoms with Crippen molar-refractivity contribution in [2.24, 2.45) is 0 Å². The average Bonchev–Trinajstić information content (AvgIpc) is 3.01. The highest BCUT2D eigenvalue weighted by molar-refractivity contribution is 5.43. The molecule has 1 aromatic carbocycles. The van der Waals surface area contributed by atoms with Crippen LogP contribution in [0, 0.1) is 13.8 Å². The van der Waals surface area contributed by atoms with Crippen LogP contribution in [0.2, 0.25) is 0 Å². The van der Waals surface area contributed by atoms with Gasteiger partial charge in [-0.25, -0.2) is 0 Å². The van der Waals surface area contributed by atoms with Crippen molar-refractivity contribution in [3.05, 3.63) is 28.8 Å². The number of epoxide rings is 1. The van der Waals surface area contributed by atoms with E-state index in [1.54, 1.807) is 0 Å². The zero-order valence-corrected chi connectivity index (χ0v) is 12.8. The lowest BCUT2D eigenvalue weighted by Crippen LogP contribution is -2.05. The van der Waals surface area contributed by atoms with Crippen LogP contribution in [-0.2, 0) is 4.74 Å². The Kier molecular flexibility index (Phi) is 4.51. The topological polar surface area (TPSA) is 21.8 Å². The molecule has 0 amide bonds. The van der Waals surface area contributed by atoms with Gasteiger partial charge < -0.3 is 9.47 Å². The van der Waals surface area contributed by atoms with Crippen LogP contribution >= 0.6 is 0 Å². The summed E-state index contributed by atoms with van der Waals surface area (Å²) in [6.45, 7) is 11.8. The molecule has 1 aliphatic heterocycles. The first-order valence-corrected chi connectivity index (χ1v) is 7.42. The standard InChI is InChI=1S/C17H26O2/c1-6-7-18-15-8-11(2)17(12(3)9-15)13(4)10-16-14(5)19-16/h8-9,13-14,16H,6-7,10H2,1-5H3. The maximum absolute atomic E-state index is 5.74. The molecule has 1 saturated heterocycles. The second-order valence-corrected chi connectivity index (χ2v) is 5.84. The van der Waals surface area contributed by atoms with Crippen molar-refractivity contribution in [1.82, 2.24) is 0 Å². The molecule has 0 bridgehead atoms. The minimum atomic E-state index is 0.454. The lowest BCUT2D eigenvalue weighted by Gasteiger charge is -2.18. The van der Waals surface area contributed by atoms with Gasteiger partial charge in [-0.1, -0.05) is 13.8 Å². The molecule has 2 rings (SSSR count). The summed E-state index contributed by atoms with van der Waals surface area (Å²) in [6.07, 6.45) is 3.09. The first kappa shape index (κ1) is 14.4. The molecule has 19 heavy (non-hydrogen) atoms. The lowest BCUT2D eigenvalue weighted by molar-refractivity contribution is 0.317. The van der Waals surface area contributed by atoms with E-state index < -0.39 is 0 Å². The van der Waals surface area contributed by atoms with Crippen LogP contribution in [0.1, 0.15) is 56.2 Å². The van der Waals surface area contributed by atoms with Gasteiger partial charge in [0, 0.05) is 0 Å². The summed E-state index contributed by atoms with van der Waals surface area (Å²) in [7, 11) is 0. The molecule has 1 fully saturated rings. The van der Waals surface area contributed by atoms with Gasteiger partial charge in [0.15, 0.2) is 0 Å². The second-order valence-electron chi connectivity index (χ2n) is 5.84. The molecule has 0 aliphatic carbocycles. The molecule has 2 heteroatoms. The molecule has 1 aromatic rings. The van der Waals surface area contributed by atoms with Crippen LogP contribution in [-0.4, -0.2) is 18.8 Å². The quantitative estimate of drug-likeness (QED) is 0.710. The van der Waals surface area contributed by atoms with E-state index in [1.165, 1.54) is 16.7 Å². The van der Waals surface area contributed by atoms with Crippen LogP contribution in [0.4, 0.5) is 0 Å². The van der Waals surface area contributed by atoms with Crippen LogP contribution in [0.3, 0.4) is 0 Å². The van der Waals surface area contributed by atoms with Crippen molar-refractivity contribution in [1.29, 1.82) is 0 Å². The smallest absolute Gasteiger partial charge is 0.119 e. The largest absolute Gasteiger partial charge is 0.494 e. The van der Waals surface area contributed by atoms with Gasteiger partial charge in [0.05, 0.1) is 18.8 Å². The van der Waals surface area contributed by atoms with E-state index in [0.717, 1.165) is 25.2 Å². The van der Waals surface area contributed by atoms with E-state index >= 15 is 0 Å². The summed E-state index contributed by atoms with van der Waals surface area (Å²) in [5, 5.41) is 0. The Bertz CT molecular complexity index is 416. The Labute approximate surface area is 117 Å². The molecule has 0 aromatic heterocycles. The lowest BCUT2D eigenvalue weighted by atomic mass is 9.88. The third-order valence-electron chi connectivity index (χ3n) is 3.96. The molecule has 1 heterocycles.